The number of morpholine rings is 1. The largest absolute Gasteiger partial charge is 0.489 e. The van der Waals surface area contributed by atoms with Crippen molar-refractivity contribution in [2.45, 2.75) is 13.0 Å². The van der Waals surface area contributed by atoms with E-state index in [1.807, 2.05) is 25.1 Å². The van der Waals surface area contributed by atoms with Gasteiger partial charge in [0.2, 0.25) is 0 Å². The fraction of sp³-hybridized carbons (Fsp3) is 0.292. The maximum atomic E-state index is 11.7. The van der Waals surface area contributed by atoms with Crippen molar-refractivity contribution < 1.29 is 23.6 Å². The molecule has 0 amide bonds. The molecule has 33 heavy (non-hydrogen) atoms. The molecule has 0 N–H and O–H groups in total. The van der Waals surface area contributed by atoms with Gasteiger partial charge < -0.3 is 18.6 Å². The number of non-ortho nitro benzene ring substituents is 1. The molecular formula is C24H22N2O7. The summed E-state index contributed by atoms with van der Waals surface area (Å²) in [6.07, 6.45) is 1.84. The molecule has 9 heteroatoms. The van der Waals surface area contributed by atoms with Crippen molar-refractivity contribution >= 4 is 16.7 Å². The van der Waals surface area contributed by atoms with Crippen LogP contribution < -0.4 is 15.1 Å². The predicted molar refractivity (Wildman–Crippen MR) is 120 cm³/mol. The summed E-state index contributed by atoms with van der Waals surface area (Å²) in [5.74, 6) is 1.82. The zero-order chi connectivity index (χ0) is 22.9. The Balaban J connectivity index is 1.40. The van der Waals surface area contributed by atoms with Gasteiger partial charge in [-0.25, -0.2) is 4.79 Å². The van der Waals surface area contributed by atoms with Crippen molar-refractivity contribution in [3.8, 4) is 11.5 Å². The maximum absolute atomic E-state index is 11.7. The first-order valence-electron chi connectivity index (χ1n) is 10.6. The third-order valence-electron chi connectivity index (χ3n) is 5.86. The molecule has 2 aliphatic rings. The van der Waals surface area contributed by atoms with Crippen LogP contribution in [0.4, 0.5) is 5.69 Å². The Bertz CT molecular complexity index is 1310. The van der Waals surface area contributed by atoms with E-state index in [0.29, 0.717) is 49.1 Å². The summed E-state index contributed by atoms with van der Waals surface area (Å²) in [6, 6.07) is 11.2. The van der Waals surface area contributed by atoms with Crippen LogP contribution in [0, 0.1) is 17.0 Å². The van der Waals surface area contributed by atoms with Crippen LogP contribution in [0.1, 0.15) is 17.2 Å². The van der Waals surface area contributed by atoms with Crippen LogP contribution in [-0.4, -0.2) is 42.7 Å². The lowest BCUT2D eigenvalue weighted by atomic mass is 10.0. The molecular weight excluding hydrogens is 428 g/mol. The highest BCUT2D eigenvalue weighted by Crippen LogP contribution is 2.44. The summed E-state index contributed by atoms with van der Waals surface area (Å²) in [5.41, 5.74) is 1.70. The maximum Gasteiger partial charge on any atom is 0.336 e. The standard InChI is InChI=1S/C24H22N2O7/c1-15-12-23(27)33-22-14-17(3-4-18(15)22)31-9-6-21-24(25-7-10-30-11-8-25)19-13-16(26(28)29)2-5-20(19)32-21/h2-6,12-14,24H,7-11H2,1H3/b21-6-/t24-/m0/s1. The second-order valence-corrected chi connectivity index (χ2v) is 7.96. The minimum atomic E-state index is -0.404. The number of hydrogen-bond acceptors (Lipinski definition) is 8. The van der Waals surface area contributed by atoms with Crippen molar-refractivity contribution in [2.24, 2.45) is 0 Å². The smallest absolute Gasteiger partial charge is 0.336 e. The molecule has 1 saturated heterocycles. The van der Waals surface area contributed by atoms with E-state index in [9.17, 15) is 14.9 Å². The van der Waals surface area contributed by atoms with E-state index in [1.165, 1.54) is 12.1 Å². The summed E-state index contributed by atoms with van der Waals surface area (Å²) in [4.78, 5) is 24.8. The van der Waals surface area contributed by atoms with Gasteiger partial charge in [-0.2, -0.15) is 0 Å². The minimum Gasteiger partial charge on any atom is -0.489 e. The first kappa shape index (κ1) is 21.2. The van der Waals surface area contributed by atoms with Crippen LogP contribution in [0.3, 0.4) is 0 Å². The average molecular weight is 450 g/mol. The number of aryl methyl sites for hydroxylation is 1. The van der Waals surface area contributed by atoms with E-state index >= 15 is 0 Å². The molecule has 2 aromatic carbocycles. The fourth-order valence-corrected chi connectivity index (χ4v) is 4.27. The lowest BCUT2D eigenvalue weighted by molar-refractivity contribution is -0.384. The van der Waals surface area contributed by atoms with Gasteiger partial charge >= 0.3 is 5.63 Å². The highest BCUT2D eigenvalue weighted by atomic mass is 16.6. The van der Waals surface area contributed by atoms with Crippen LogP contribution >= 0.6 is 0 Å². The molecule has 9 nitrogen and oxygen atoms in total. The molecule has 3 heterocycles. The molecule has 0 radical (unpaired) electrons. The van der Waals surface area contributed by atoms with E-state index < -0.39 is 10.5 Å². The fourth-order valence-electron chi connectivity index (χ4n) is 4.27. The quantitative estimate of drug-likeness (QED) is 0.329. The van der Waals surface area contributed by atoms with Gasteiger partial charge in [-0.15, -0.1) is 0 Å². The van der Waals surface area contributed by atoms with Crippen molar-refractivity contribution in [3.63, 3.8) is 0 Å². The summed E-state index contributed by atoms with van der Waals surface area (Å²) in [5, 5.41) is 12.1. The molecule has 3 aromatic rings. The Morgan fingerprint density at radius 1 is 1.18 bits per heavy atom. The van der Waals surface area contributed by atoms with Gasteiger partial charge in [-0.1, -0.05) is 0 Å². The SMILES string of the molecule is Cc1cc(=O)oc2cc(OC/C=C3\Oc4ccc([N+](=O)[O-])cc4[C@@H]3N3CCOCC3)ccc12. The molecule has 2 aliphatic heterocycles. The van der Waals surface area contributed by atoms with E-state index in [1.54, 1.807) is 18.2 Å². The first-order chi connectivity index (χ1) is 16.0. The van der Waals surface area contributed by atoms with Crippen LogP contribution in [0.25, 0.3) is 11.0 Å². The lowest BCUT2D eigenvalue weighted by Crippen LogP contribution is -2.39. The number of benzene rings is 2. The third kappa shape index (κ3) is 4.20. The molecule has 1 aromatic heterocycles. The van der Waals surface area contributed by atoms with E-state index in [2.05, 4.69) is 4.90 Å². The Hall–Kier alpha value is -3.69. The predicted octanol–water partition coefficient (Wildman–Crippen LogP) is 3.74. The van der Waals surface area contributed by atoms with Gasteiger partial charge in [0.25, 0.3) is 5.69 Å². The highest BCUT2D eigenvalue weighted by molar-refractivity contribution is 5.81. The number of fused-ring (bicyclic) bond motifs is 2. The average Bonchev–Trinajstić information content (AvgIpc) is 3.16. The lowest BCUT2D eigenvalue weighted by Gasteiger charge is -2.32. The molecule has 0 unspecified atom stereocenters. The molecule has 1 fully saturated rings. The van der Waals surface area contributed by atoms with E-state index in [0.717, 1.165) is 16.5 Å². The number of nitro groups is 1. The second-order valence-electron chi connectivity index (χ2n) is 7.96. The number of ether oxygens (including phenoxy) is 3. The number of hydrogen-bond donors (Lipinski definition) is 0. The molecule has 0 aliphatic carbocycles. The third-order valence-corrected chi connectivity index (χ3v) is 5.86. The second kappa shape index (κ2) is 8.68. The number of nitro benzene ring substituents is 1. The van der Waals surface area contributed by atoms with Crippen LogP contribution in [-0.2, 0) is 4.74 Å². The normalized spacial score (nSPS) is 19.4. The number of nitrogens with zero attached hydrogens (tertiary/aromatic N) is 2. The molecule has 0 saturated carbocycles. The van der Waals surface area contributed by atoms with E-state index in [4.69, 9.17) is 18.6 Å². The van der Waals surface area contributed by atoms with Gasteiger partial charge in [0.05, 0.1) is 24.2 Å². The summed E-state index contributed by atoms with van der Waals surface area (Å²) >= 11 is 0. The Labute approximate surface area is 188 Å². The van der Waals surface area contributed by atoms with Crippen molar-refractivity contribution in [3.05, 3.63) is 86.0 Å². The van der Waals surface area contributed by atoms with Crippen LogP contribution in [0.15, 0.2) is 63.5 Å². The molecule has 170 valence electrons. The number of rotatable bonds is 5. The zero-order valence-corrected chi connectivity index (χ0v) is 18.0. The Morgan fingerprint density at radius 2 is 2.00 bits per heavy atom. The van der Waals surface area contributed by atoms with Gasteiger partial charge in [-0.05, 0) is 36.8 Å². The summed E-state index contributed by atoms with van der Waals surface area (Å²) < 4.78 is 22.7. The van der Waals surface area contributed by atoms with Crippen molar-refractivity contribution in [2.75, 3.05) is 32.9 Å². The van der Waals surface area contributed by atoms with Crippen LogP contribution in [0.5, 0.6) is 11.5 Å². The van der Waals surface area contributed by atoms with Gasteiger partial charge in [0.1, 0.15) is 29.4 Å². The molecule has 5 rings (SSSR count). The summed E-state index contributed by atoms with van der Waals surface area (Å²) in [6.45, 7) is 4.64. The first-order valence-corrected chi connectivity index (χ1v) is 10.6. The van der Waals surface area contributed by atoms with Crippen LogP contribution in [0.2, 0.25) is 0 Å². The van der Waals surface area contributed by atoms with Crippen molar-refractivity contribution in [1.82, 2.24) is 4.90 Å². The monoisotopic (exact) mass is 450 g/mol. The van der Waals surface area contributed by atoms with Crippen molar-refractivity contribution in [1.29, 1.82) is 0 Å². The highest BCUT2D eigenvalue weighted by Gasteiger charge is 2.36. The van der Waals surface area contributed by atoms with Gasteiger partial charge in [0.15, 0.2) is 0 Å². The molecule has 1 atom stereocenters. The minimum absolute atomic E-state index is 0.0288. The summed E-state index contributed by atoms with van der Waals surface area (Å²) in [7, 11) is 0. The molecule has 0 bridgehead atoms. The Kier molecular flexibility index (Phi) is 5.57. The molecule has 0 spiro atoms. The zero-order valence-electron chi connectivity index (χ0n) is 18.0. The van der Waals surface area contributed by atoms with Gasteiger partial charge in [-0.3, -0.25) is 15.0 Å². The Morgan fingerprint density at radius 3 is 2.79 bits per heavy atom. The topological polar surface area (TPSA) is 104 Å². The van der Waals surface area contributed by atoms with Gasteiger partial charge in [0, 0.05) is 48.3 Å². The van der Waals surface area contributed by atoms with E-state index in [-0.39, 0.29) is 18.3 Å².